The summed E-state index contributed by atoms with van der Waals surface area (Å²) in [5, 5.41) is 99.4. The number of carbonyl (C=O) groups excluding carboxylic acids is 2. The first-order chi connectivity index (χ1) is 28.5. The van der Waals surface area contributed by atoms with Crippen LogP contribution in [0.1, 0.15) is 46.6 Å². The van der Waals surface area contributed by atoms with E-state index < -0.39 is 81.0 Å². The summed E-state index contributed by atoms with van der Waals surface area (Å²) in [5.74, 6) is -0.962. The number of carbonyl (C=O) groups is 2. The Hall–Kier alpha value is -4.22. The van der Waals surface area contributed by atoms with E-state index in [9.17, 15) is 50.4 Å². The molecule has 2 amide bonds. The molecule has 3 rings (SSSR count). The maximum Gasteiger partial charge on any atom is 0.269 e. The van der Waals surface area contributed by atoms with E-state index in [0.29, 0.717) is 13.0 Å². The van der Waals surface area contributed by atoms with Gasteiger partial charge in [0.1, 0.15) is 53.3 Å². The number of likely N-dealkylation sites (N-methyl/N-ethyl adjacent to an activating group) is 1. The molecule has 0 aliphatic carbocycles. The van der Waals surface area contributed by atoms with Crippen LogP contribution in [0.4, 0.5) is 0 Å². The van der Waals surface area contributed by atoms with Gasteiger partial charge in [-0.05, 0) is 47.9 Å². The number of aliphatic hydroxyl groups is 10. The zero-order chi connectivity index (χ0) is 44.5. The number of aliphatic hydroxyl groups excluding tert-OH is 10. The lowest BCUT2D eigenvalue weighted by Gasteiger charge is -2.34. The van der Waals surface area contributed by atoms with Gasteiger partial charge in [-0.3, -0.25) is 19.5 Å². The maximum absolute atomic E-state index is 13.1. The maximum atomic E-state index is 13.1. The van der Waals surface area contributed by atoms with Crippen LogP contribution in [0.5, 0.6) is 0 Å². The molecule has 19 nitrogen and oxygen atoms in total. The van der Waals surface area contributed by atoms with Crippen LogP contribution >= 0.6 is 11.6 Å². The van der Waals surface area contributed by atoms with Crippen molar-refractivity contribution in [3.63, 3.8) is 0 Å². The number of unbranched alkanes of at least 4 members (excludes halogenated alkanes) is 1. The number of amides is 2. The molecule has 0 saturated heterocycles. The normalized spacial score (nSPS) is 16.1. The fourth-order valence-electron chi connectivity index (χ4n) is 6.16. The van der Waals surface area contributed by atoms with Gasteiger partial charge in [0, 0.05) is 46.2 Å². The summed E-state index contributed by atoms with van der Waals surface area (Å²) in [6.07, 6.45) is -10.3. The predicted octanol–water partition coefficient (Wildman–Crippen LogP) is -2.81. The van der Waals surface area contributed by atoms with Crippen LogP contribution in [-0.4, -0.2) is 190 Å². The molecule has 0 unspecified atom stereocenters. The van der Waals surface area contributed by atoms with Crippen molar-refractivity contribution in [3.8, 4) is 11.1 Å². The lowest BCUT2D eigenvalue weighted by Crippen LogP contribution is -2.54. The minimum Gasteiger partial charge on any atom is -0.394 e. The fraction of sp³-hybridized carbons (Fsp3) is 0.525. The molecule has 0 spiro atoms. The molecular formula is C40H58ClN7O12. The molecule has 1 heterocycles. The number of amidine groups is 1. The number of primary amides is 1. The zero-order valence-corrected chi connectivity index (χ0v) is 34.1. The number of rotatable bonds is 26. The number of halogens is 1. The predicted molar refractivity (Wildman–Crippen MR) is 221 cm³/mol. The smallest absolute Gasteiger partial charge is 0.269 e. The van der Waals surface area contributed by atoms with Crippen LogP contribution in [0.2, 0.25) is 5.15 Å². The average molecular weight is 864 g/mol. The van der Waals surface area contributed by atoms with Gasteiger partial charge in [0.2, 0.25) is 5.91 Å². The third-order valence-electron chi connectivity index (χ3n) is 9.96. The SMILES string of the molecule is CN(CCN(C[C@H](O)[C@@H](O)[C@H](O)[C@H](O)CO)C[C@H](O)[C@@H](O)[C@H](O)[C@H](O)CO)C(=O)CCc1ccc(-c2ccc(CCCCN=C(N)c3ncc(Cl)nc3C(N)=O)cc2)cc1. The number of benzene rings is 2. The van der Waals surface area contributed by atoms with Gasteiger partial charge in [-0.1, -0.05) is 60.1 Å². The second-order valence-corrected chi connectivity index (χ2v) is 14.9. The summed E-state index contributed by atoms with van der Waals surface area (Å²) in [6.45, 7) is -2.19. The monoisotopic (exact) mass is 863 g/mol. The Morgan fingerprint density at radius 3 is 1.67 bits per heavy atom. The highest BCUT2D eigenvalue weighted by atomic mass is 35.5. The topological polar surface area (TPSA) is 333 Å². The van der Waals surface area contributed by atoms with E-state index in [1.807, 2.05) is 36.4 Å². The second-order valence-electron chi connectivity index (χ2n) is 14.5. The quantitative estimate of drug-likeness (QED) is 0.0220. The zero-order valence-electron chi connectivity index (χ0n) is 33.4. The van der Waals surface area contributed by atoms with Crippen LogP contribution in [0, 0.1) is 0 Å². The van der Waals surface area contributed by atoms with Gasteiger partial charge in [-0.2, -0.15) is 0 Å². The van der Waals surface area contributed by atoms with Crippen molar-refractivity contribution in [3.05, 3.63) is 82.4 Å². The summed E-state index contributed by atoms with van der Waals surface area (Å²) in [6, 6.07) is 16.0. The van der Waals surface area contributed by atoms with Gasteiger partial charge in [0.25, 0.3) is 5.91 Å². The van der Waals surface area contributed by atoms with Crippen molar-refractivity contribution in [2.24, 2.45) is 16.5 Å². The Morgan fingerprint density at radius 2 is 1.18 bits per heavy atom. The van der Waals surface area contributed by atoms with Crippen molar-refractivity contribution in [2.45, 2.75) is 80.9 Å². The molecule has 14 N–H and O–H groups in total. The van der Waals surface area contributed by atoms with Crippen LogP contribution in [0.15, 0.2) is 59.7 Å². The first-order valence-electron chi connectivity index (χ1n) is 19.4. The number of aliphatic imine (C=N–C) groups is 1. The Balaban J connectivity index is 1.50. The van der Waals surface area contributed by atoms with Crippen LogP contribution in [0.3, 0.4) is 0 Å². The van der Waals surface area contributed by atoms with E-state index in [0.717, 1.165) is 41.5 Å². The molecule has 20 heteroatoms. The molecule has 0 radical (unpaired) electrons. The van der Waals surface area contributed by atoms with Crippen molar-refractivity contribution in [2.75, 3.05) is 53.0 Å². The first-order valence-corrected chi connectivity index (χ1v) is 19.8. The number of hydrogen-bond donors (Lipinski definition) is 12. The van der Waals surface area contributed by atoms with Gasteiger partial charge >= 0.3 is 0 Å². The molecule has 3 aromatic rings. The molecule has 60 heavy (non-hydrogen) atoms. The van der Waals surface area contributed by atoms with Gasteiger partial charge in [0.05, 0.1) is 31.6 Å². The number of aryl methyl sites for hydroxylation is 2. The van der Waals surface area contributed by atoms with Crippen LogP contribution in [-0.2, 0) is 17.6 Å². The molecule has 0 aliphatic heterocycles. The molecule has 0 saturated carbocycles. The van der Waals surface area contributed by atoms with Crippen molar-refractivity contribution < 1.29 is 60.7 Å². The van der Waals surface area contributed by atoms with Crippen LogP contribution < -0.4 is 11.5 Å². The molecule has 8 atom stereocenters. The number of hydrogen-bond acceptors (Lipinski definition) is 16. The molecule has 1 aromatic heterocycles. The molecule has 0 aliphatic rings. The molecule has 332 valence electrons. The minimum absolute atomic E-state index is 0.0220. The lowest BCUT2D eigenvalue weighted by molar-refractivity contribution is -0.133. The largest absolute Gasteiger partial charge is 0.394 e. The van der Waals surface area contributed by atoms with E-state index in [1.165, 1.54) is 16.0 Å². The summed E-state index contributed by atoms with van der Waals surface area (Å²) in [7, 11) is 1.55. The molecule has 0 fully saturated rings. The summed E-state index contributed by atoms with van der Waals surface area (Å²) < 4.78 is 0. The molecular weight excluding hydrogens is 806 g/mol. The summed E-state index contributed by atoms with van der Waals surface area (Å²) >= 11 is 5.80. The van der Waals surface area contributed by atoms with E-state index >= 15 is 0 Å². The van der Waals surface area contributed by atoms with E-state index in [2.05, 4.69) is 27.1 Å². The first kappa shape index (κ1) is 50.1. The molecule has 0 bridgehead atoms. The Labute approximate surface area is 352 Å². The molecule has 2 aromatic carbocycles. The Bertz CT molecular complexity index is 1780. The van der Waals surface area contributed by atoms with E-state index in [1.54, 1.807) is 7.05 Å². The van der Waals surface area contributed by atoms with Gasteiger partial charge < -0.3 is 67.4 Å². The minimum atomic E-state index is -1.92. The standard InChI is InChI=1S/C40H58ClN7O12/c1-47(16-17-48(19-27(51)35(56)37(58)29(53)21-49)20-28(52)36(57)38(59)30(54)22-50)32(55)14-9-24-7-12-26(13-8-24)25-10-5-23(6-11-25)4-2-3-15-44-39(42)33-34(40(43)60)46-31(41)18-45-33/h5-8,10-13,18,27-30,35-38,49-54,56-59H,2-4,9,14-17,19-22H2,1H3,(H2,42,44)(H2,43,60)/t27-,28-,29+,30+,35+,36+,37+,38+/m0/s1. The Kier molecular flexibility index (Phi) is 20.8. The van der Waals surface area contributed by atoms with Crippen molar-refractivity contribution in [1.82, 2.24) is 19.8 Å². The van der Waals surface area contributed by atoms with Crippen molar-refractivity contribution >= 4 is 29.3 Å². The number of nitrogens with two attached hydrogens (primary N) is 2. The second kappa shape index (κ2) is 24.9. The number of nitrogens with zero attached hydrogens (tertiary/aromatic N) is 5. The third-order valence-corrected chi connectivity index (χ3v) is 10.1. The van der Waals surface area contributed by atoms with Gasteiger partial charge in [-0.25, -0.2) is 9.97 Å². The third kappa shape index (κ3) is 15.4. The lowest BCUT2D eigenvalue weighted by atomic mass is 9.99. The van der Waals surface area contributed by atoms with Crippen LogP contribution in [0.25, 0.3) is 11.1 Å². The van der Waals surface area contributed by atoms with Crippen molar-refractivity contribution in [1.29, 1.82) is 0 Å². The highest BCUT2D eigenvalue weighted by Gasteiger charge is 2.34. The van der Waals surface area contributed by atoms with Gasteiger partial charge in [-0.15, -0.1) is 0 Å². The average Bonchev–Trinajstić information content (AvgIpc) is 3.25. The van der Waals surface area contributed by atoms with E-state index in [4.69, 9.17) is 33.3 Å². The van der Waals surface area contributed by atoms with E-state index in [-0.39, 0.29) is 47.8 Å². The summed E-state index contributed by atoms with van der Waals surface area (Å²) in [5.41, 5.74) is 15.4. The fourth-order valence-corrected chi connectivity index (χ4v) is 6.29. The summed E-state index contributed by atoms with van der Waals surface area (Å²) in [4.78, 5) is 39.7. The Morgan fingerprint density at radius 1 is 0.700 bits per heavy atom. The highest BCUT2D eigenvalue weighted by molar-refractivity contribution is 6.29. The highest BCUT2D eigenvalue weighted by Crippen LogP contribution is 2.22. The number of aromatic nitrogens is 2. The van der Waals surface area contributed by atoms with Gasteiger partial charge in [0.15, 0.2) is 5.69 Å².